The van der Waals surface area contributed by atoms with Crippen molar-refractivity contribution < 1.29 is 14.3 Å². The van der Waals surface area contributed by atoms with Crippen LogP contribution in [0.4, 0.5) is 4.79 Å². The summed E-state index contributed by atoms with van der Waals surface area (Å²) < 4.78 is 5.30. The largest absolute Gasteiger partial charge is 0.478 e. The third kappa shape index (κ3) is 3.38. The first-order chi connectivity index (χ1) is 11.2. The summed E-state index contributed by atoms with van der Waals surface area (Å²) in [5.41, 5.74) is 0.556. The van der Waals surface area contributed by atoms with Crippen LogP contribution in [0.15, 0.2) is 18.3 Å². The first kappa shape index (κ1) is 15.6. The van der Waals surface area contributed by atoms with Crippen LogP contribution in [0.5, 0.6) is 5.88 Å². The van der Waals surface area contributed by atoms with E-state index < -0.39 is 0 Å². The minimum absolute atomic E-state index is 0.0213. The normalized spacial score (nSPS) is 21.3. The van der Waals surface area contributed by atoms with E-state index in [4.69, 9.17) is 4.74 Å². The van der Waals surface area contributed by atoms with Gasteiger partial charge < -0.3 is 19.9 Å². The van der Waals surface area contributed by atoms with Crippen LogP contribution in [-0.2, 0) is 0 Å². The quantitative estimate of drug-likeness (QED) is 0.902. The highest BCUT2D eigenvalue weighted by molar-refractivity contribution is 5.94. The van der Waals surface area contributed by atoms with E-state index in [1.807, 2.05) is 16.7 Å². The van der Waals surface area contributed by atoms with E-state index in [0.29, 0.717) is 31.1 Å². The van der Waals surface area contributed by atoms with Crippen molar-refractivity contribution in [2.75, 3.05) is 32.8 Å². The number of ether oxygens (including phenoxy) is 1. The molecular weight excluding hydrogens is 296 g/mol. The van der Waals surface area contributed by atoms with Crippen molar-refractivity contribution in [3.63, 3.8) is 0 Å². The number of hydrogen-bond donors (Lipinski definition) is 1. The number of nitrogens with zero attached hydrogens (tertiary/aromatic N) is 3. The highest BCUT2D eigenvalue weighted by atomic mass is 16.5. The standard InChI is InChI=1S/C16H22N4O3/c1-2-23-14-6-5-12(10-18-14)15(21)19-8-3-4-13(11-19)20-9-7-17-16(20)22/h5-6,10,13H,2-4,7-9,11H2,1H3,(H,17,22)/t13-/m0/s1. The molecule has 0 aromatic carbocycles. The van der Waals surface area contributed by atoms with E-state index in [1.54, 1.807) is 18.3 Å². The lowest BCUT2D eigenvalue weighted by Crippen LogP contribution is -2.50. The molecule has 7 nitrogen and oxygen atoms in total. The molecule has 3 heterocycles. The number of rotatable bonds is 4. The Morgan fingerprint density at radius 2 is 2.30 bits per heavy atom. The van der Waals surface area contributed by atoms with Gasteiger partial charge >= 0.3 is 6.03 Å². The highest BCUT2D eigenvalue weighted by Gasteiger charge is 2.33. The molecule has 1 aromatic heterocycles. The van der Waals surface area contributed by atoms with Gasteiger partial charge in [0.2, 0.25) is 5.88 Å². The number of likely N-dealkylation sites (tertiary alicyclic amines) is 1. The van der Waals surface area contributed by atoms with Gasteiger partial charge in [-0.2, -0.15) is 0 Å². The number of aromatic nitrogens is 1. The molecule has 0 spiro atoms. The van der Waals surface area contributed by atoms with Crippen molar-refractivity contribution in [3.8, 4) is 5.88 Å². The van der Waals surface area contributed by atoms with Crippen molar-refractivity contribution >= 4 is 11.9 Å². The lowest BCUT2D eigenvalue weighted by Gasteiger charge is -2.37. The zero-order chi connectivity index (χ0) is 16.2. The Bertz CT molecular complexity index is 575. The molecule has 1 aromatic rings. The number of urea groups is 1. The molecule has 1 N–H and O–H groups in total. The second kappa shape index (κ2) is 6.85. The Morgan fingerprint density at radius 3 is 2.96 bits per heavy atom. The summed E-state index contributed by atoms with van der Waals surface area (Å²) in [6.45, 7) is 5.15. The van der Waals surface area contributed by atoms with E-state index in [1.165, 1.54) is 0 Å². The molecule has 2 aliphatic heterocycles. The molecule has 3 rings (SSSR count). The summed E-state index contributed by atoms with van der Waals surface area (Å²) in [5.74, 6) is 0.485. The molecule has 3 amide bonds. The molecule has 2 aliphatic rings. The van der Waals surface area contributed by atoms with Crippen molar-refractivity contribution in [3.05, 3.63) is 23.9 Å². The maximum atomic E-state index is 12.6. The van der Waals surface area contributed by atoms with Gasteiger partial charge in [0, 0.05) is 38.4 Å². The predicted molar refractivity (Wildman–Crippen MR) is 84.4 cm³/mol. The molecule has 1 atom stereocenters. The lowest BCUT2D eigenvalue weighted by atomic mass is 10.0. The molecule has 0 bridgehead atoms. The summed E-state index contributed by atoms with van der Waals surface area (Å²) in [5, 5.41) is 2.82. The Balaban J connectivity index is 1.65. The summed E-state index contributed by atoms with van der Waals surface area (Å²) in [4.78, 5) is 32.3. The van der Waals surface area contributed by atoms with Crippen LogP contribution in [-0.4, -0.2) is 65.5 Å². The first-order valence-electron chi connectivity index (χ1n) is 8.11. The van der Waals surface area contributed by atoms with Gasteiger partial charge in [0.1, 0.15) is 0 Å². The monoisotopic (exact) mass is 318 g/mol. The minimum atomic E-state index is -0.0372. The average Bonchev–Trinajstić information content (AvgIpc) is 3.01. The summed E-state index contributed by atoms with van der Waals surface area (Å²) in [6, 6.07) is 3.54. The van der Waals surface area contributed by atoms with E-state index in [2.05, 4.69) is 10.3 Å². The zero-order valence-electron chi connectivity index (χ0n) is 13.3. The minimum Gasteiger partial charge on any atom is -0.478 e. The van der Waals surface area contributed by atoms with Crippen LogP contribution in [0.3, 0.4) is 0 Å². The third-order valence-corrected chi connectivity index (χ3v) is 4.29. The molecule has 2 saturated heterocycles. The van der Waals surface area contributed by atoms with Crippen molar-refractivity contribution in [2.45, 2.75) is 25.8 Å². The van der Waals surface area contributed by atoms with Crippen LogP contribution < -0.4 is 10.1 Å². The van der Waals surface area contributed by atoms with Gasteiger partial charge in [-0.15, -0.1) is 0 Å². The second-order valence-electron chi connectivity index (χ2n) is 5.79. The number of carbonyl (C=O) groups is 2. The molecule has 0 radical (unpaired) electrons. The molecule has 0 unspecified atom stereocenters. The van der Waals surface area contributed by atoms with Gasteiger partial charge in [-0.1, -0.05) is 0 Å². The molecule has 124 valence electrons. The number of piperidine rings is 1. The van der Waals surface area contributed by atoms with E-state index in [-0.39, 0.29) is 18.0 Å². The zero-order valence-corrected chi connectivity index (χ0v) is 13.3. The van der Waals surface area contributed by atoms with Gasteiger partial charge in [-0.25, -0.2) is 9.78 Å². The van der Waals surface area contributed by atoms with Crippen LogP contribution >= 0.6 is 0 Å². The fourth-order valence-corrected chi connectivity index (χ4v) is 3.15. The maximum Gasteiger partial charge on any atom is 0.317 e. The molecule has 23 heavy (non-hydrogen) atoms. The smallest absolute Gasteiger partial charge is 0.317 e. The second-order valence-corrected chi connectivity index (χ2v) is 5.79. The van der Waals surface area contributed by atoms with Gasteiger partial charge in [0.15, 0.2) is 0 Å². The highest BCUT2D eigenvalue weighted by Crippen LogP contribution is 2.20. The number of nitrogens with one attached hydrogen (secondary N) is 1. The van der Waals surface area contributed by atoms with Crippen LogP contribution in [0.1, 0.15) is 30.1 Å². The summed E-state index contributed by atoms with van der Waals surface area (Å²) in [6.07, 6.45) is 3.41. The average molecular weight is 318 g/mol. The van der Waals surface area contributed by atoms with E-state index in [0.717, 1.165) is 25.9 Å². The fraction of sp³-hybridized carbons (Fsp3) is 0.562. The van der Waals surface area contributed by atoms with Gasteiger partial charge in [0.05, 0.1) is 18.2 Å². The molecule has 7 heteroatoms. The van der Waals surface area contributed by atoms with Gasteiger partial charge in [-0.05, 0) is 25.8 Å². The van der Waals surface area contributed by atoms with Crippen LogP contribution in [0.2, 0.25) is 0 Å². The van der Waals surface area contributed by atoms with Gasteiger partial charge in [0.25, 0.3) is 5.91 Å². The lowest BCUT2D eigenvalue weighted by molar-refractivity contribution is 0.0634. The van der Waals surface area contributed by atoms with E-state index >= 15 is 0 Å². The SMILES string of the molecule is CCOc1ccc(C(=O)N2CCC[C@H](N3CCNC3=O)C2)cn1. The molecule has 0 saturated carbocycles. The Labute approximate surface area is 135 Å². The van der Waals surface area contributed by atoms with Crippen molar-refractivity contribution in [2.24, 2.45) is 0 Å². The Morgan fingerprint density at radius 1 is 1.43 bits per heavy atom. The molecule has 2 fully saturated rings. The van der Waals surface area contributed by atoms with Crippen molar-refractivity contribution in [1.82, 2.24) is 20.1 Å². The third-order valence-electron chi connectivity index (χ3n) is 4.29. The fourth-order valence-electron chi connectivity index (χ4n) is 3.15. The number of pyridine rings is 1. The Kier molecular flexibility index (Phi) is 4.64. The topological polar surface area (TPSA) is 74.8 Å². The summed E-state index contributed by atoms with van der Waals surface area (Å²) >= 11 is 0. The maximum absolute atomic E-state index is 12.6. The Hall–Kier alpha value is -2.31. The number of hydrogen-bond acceptors (Lipinski definition) is 4. The number of carbonyl (C=O) groups excluding carboxylic acids is 2. The molecular formula is C16H22N4O3. The van der Waals surface area contributed by atoms with E-state index in [9.17, 15) is 9.59 Å². The molecule has 0 aliphatic carbocycles. The van der Waals surface area contributed by atoms with Crippen molar-refractivity contribution in [1.29, 1.82) is 0 Å². The summed E-state index contributed by atoms with van der Waals surface area (Å²) in [7, 11) is 0. The predicted octanol–water partition coefficient (Wildman–Crippen LogP) is 1.11. The van der Waals surface area contributed by atoms with Crippen LogP contribution in [0, 0.1) is 0 Å². The number of amides is 3. The van der Waals surface area contributed by atoms with Gasteiger partial charge in [-0.3, -0.25) is 4.79 Å². The first-order valence-corrected chi connectivity index (χ1v) is 8.11. The van der Waals surface area contributed by atoms with Crippen LogP contribution in [0.25, 0.3) is 0 Å².